The van der Waals surface area contributed by atoms with Crippen molar-refractivity contribution in [2.24, 2.45) is 0 Å². The number of anilines is 2. The van der Waals surface area contributed by atoms with E-state index in [1.807, 2.05) is 56.3 Å². The summed E-state index contributed by atoms with van der Waals surface area (Å²) in [5.41, 5.74) is 2.20. The molecule has 130 valence electrons. The van der Waals surface area contributed by atoms with Crippen molar-refractivity contribution in [3.63, 3.8) is 0 Å². The van der Waals surface area contributed by atoms with Gasteiger partial charge in [0.2, 0.25) is 0 Å². The molecule has 6 heteroatoms. The molecular weight excluding hydrogens is 334 g/mol. The van der Waals surface area contributed by atoms with Crippen LogP contribution in [0, 0.1) is 0 Å². The van der Waals surface area contributed by atoms with Crippen LogP contribution in [0.3, 0.4) is 0 Å². The molecule has 0 unspecified atom stereocenters. The van der Waals surface area contributed by atoms with Crippen molar-refractivity contribution < 1.29 is 9.59 Å². The first-order valence-corrected chi connectivity index (χ1v) is 9.23. The Kier molecular flexibility index (Phi) is 5.28. The zero-order chi connectivity index (χ0) is 17.8. The molecule has 1 aliphatic heterocycles. The molecule has 2 N–H and O–H groups in total. The van der Waals surface area contributed by atoms with E-state index in [4.69, 9.17) is 0 Å². The first-order valence-electron chi connectivity index (χ1n) is 8.41. The monoisotopic (exact) mass is 355 g/mol. The summed E-state index contributed by atoms with van der Waals surface area (Å²) in [6.07, 6.45) is 0.880. The molecule has 5 nitrogen and oxygen atoms in total. The Morgan fingerprint density at radius 2 is 1.92 bits per heavy atom. The maximum atomic E-state index is 12.9. The standard InChI is InChI=1S/C19H21N3O2S/c1-3-11-20-19(24)21-13-9-10-17-15(12-13)22(4-2)18(23)14-7-5-6-8-16(14)25-17/h5-10,12H,3-4,11H2,1-2H3,(H2,20,21,24). The number of rotatable bonds is 4. The van der Waals surface area contributed by atoms with Gasteiger partial charge in [0.25, 0.3) is 5.91 Å². The summed E-state index contributed by atoms with van der Waals surface area (Å²) in [6, 6.07) is 13.1. The second-order valence-corrected chi connectivity index (χ2v) is 6.79. The van der Waals surface area contributed by atoms with Gasteiger partial charge in [-0.25, -0.2) is 4.79 Å². The van der Waals surface area contributed by atoms with Gasteiger partial charge in [-0.1, -0.05) is 30.8 Å². The summed E-state index contributed by atoms with van der Waals surface area (Å²) in [5, 5.41) is 5.62. The van der Waals surface area contributed by atoms with Crippen LogP contribution < -0.4 is 15.5 Å². The van der Waals surface area contributed by atoms with Gasteiger partial charge in [0, 0.05) is 28.6 Å². The highest BCUT2D eigenvalue weighted by atomic mass is 32.2. The minimum absolute atomic E-state index is 0.0167. The van der Waals surface area contributed by atoms with Gasteiger partial charge in [-0.05, 0) is 43.7 Å². The fourth-order valence-electron chi connectivity index (χ4n) is 2.73. The Balaban J connectivity index is 1.94. The van der Waals surface area contributed by atoms with Gasteiger partial charge < -0.3 is 15.5 Å². The van der Waals surface area contributed by atoms with Gasteiger partial charge in [0.15, 0.2) is 0 Å². The van der Waals surface area contributed by atoms with Crippen molar-refractivity contribution in [1.82, 2.24) is 5.32 Å². The van der Waals surface area contributed by atoms with E-state index in [1.54, 1.807) is 16.7 Å². The Hall–Kier alpha value is -2.47. The lowest BCUT2D eigenvalue weighted by Gasteiger charge is -2.22. The zero-order valence-electron chi connectivity index (χ0n) is 14.3. The molecule has 0 saturated heterocycles. The molecule has 3 rings (SSSR count). The van der Waals surface area contributed by atoms with Gasteiger partial charge in [-0.3, -0.25) is 4.79 Å². The largest absolute Gasteiger partial charge is 0.338 e. The molecule has 0 saturated carbocycles. The third-order valence-electron chi connectivity index (χ3n) is 3.94. The number of urea groups is 1. The molecule has 0 aliphatic carbocycles. The van der Waals surface area contributed by atoms with Gasteiger partial charge in [-0.15, -0.1) is 0 Å². The smallest absolute Gasteiger partial charge is 0.319 e. The predicted octanol–water partition coefficient (Wildman–Crippen LogP) is 4.35. The summed E-state index contributed by atoms with van der Waals surface area (Å²) < 4.78 is 0. The highest BCUT2D eigenvalue weighted by molar-refractivity contribution is 7.99. The normalized spacial score (nSPS) is 12.9. The second kappa shape index (κ2) is 7.61. The Morgan fingerprint density at radius 1 is 1.12 bits per heavy atom. The van der Waals surface area contributed by atoms with E-state index in [9.17, 15) is 9.59 Å². The summed E-state index contributed by atoms with van der Waals surface area (Å²) in [7, 11) is 0. The van der Waals surface area contributed by atoms with Crippen LogP contribution >= 0.6 is 11.8 Å². The van der Waals surface area contributed by atoms with E-state index in [0.29, 0.717) is 24.3 Å². The first-order chi connectivity index (χ1) is 12.1. The maximum Gasteiger partial charge on any atom is 0.319 e. The van der Waals surface area contributed by atoms with Crippen LogP contribution in [0.4, 0.5) is 16.2 Å². The van der Waals surface area contributed by atoms with Crippen molar-refractivity contribution in [2.75, 3.05) is 23.3 Å². The predicted molar refractivity (Wildman–Crippen MR) is 102 cm³/mol. The van der Waals surface area contributed by atoms with Crippen LogP contribution in [0.25, 0.3) is 0 Å². The van der Waals surface area contributed by atoms with Crippen LogP contribution in [0.15, 0.2) is 52.3 Å². The number of amides is 3. The number of benzene rings is 2. The highest BCUT2D eigenvalue weighted by Crippen LogP contribution is 2.42. The molecule has 2 aromatic carbocycles. The third kappa shape index (κ3) is 3.64. The Morgan fingerprint density at radius 3 is 2.68 bits per heavy atom. The van der Waals surface area contributed by atoms with Gasteiger partial charge in [-0.2, -0.15) is 0 Å². The molecule has 0 spiro atoms. The van der Waals surface area contributed by atoms with Crippen molar-refractivity contribution in [1.29, 1.82) is 0 Å². The van der Waals surface area contributed by atoms with E-state index >= 15 is 0 Å². The number of nitrogens with zero attached hydrogens (tertiary/aromatic N) is 1. The summed E-state index contributed by atoms with van der Waals surface area (Å²) in [5.74, 6) is -0.0167. The van der Waals surface area contributed by atoms with Crippen molar-refractivity contribution in [2.45, 2.75) is 30.1 Å². The lowest BCUT2D eigenvalue weighted by molar-refractivity contribution is 0.0985. The highest BCUT2D eigenvalue weighted by Gasteiger charge is 2.26. The molecule has 0 atom stereocenters. The van der Waals surface area contributed by atoms with Gasteiger partial charge in [0.1, 0.15) is 0 Å². The molecule has 25 heavy (non-hydrogen) atoms. The molecule has 0 radical (unpaired) electrons. The zero-order valence-corrected chi connectivity index (χ0v) is 15.2. The van der Waals surface area contributed by atoms with Crippen LogP contribution in [0.2, 0.25) is 0 Å². The molecule has 0 fully saturated rings. The van der Waals surface area contributed by atoms with Crippen LogP contribution in [0.1, 0.15) is 30.6 Å². The fourth-order valence-corrected chi connectivity index (χ4v) is 3.78. The van der Waals surface area contributed by atoms with E-state index in [2.05, 4.69) is 10.6 Å². The quantitative estimate of drug-likeness (QED) is 0.857. The van der Waals surface area contributed by atoms with Crippen LogP contribution in [-0.4, -0.2) is 25.0 Å². The molecule has 0 bridgehead atoms. The third-order valence-corrected chi connectivity index (χ3v) is 5.08. The maximum absolute atomic E-state index is 12.9. The fraction of sp³-hybridized carbons (Fsp3) is 0.263. The van der Waals surface area contributed by atoms with Crippen LogP contribution in [0.5, 0.6) is 0 Å². The minimum Gasteiger partial charge on any atom is -0.338 e. The Labute approximate surface area is 151 Å². The van der Waals surface area contributed by atoms with E-state index in [1.165, 1.54) is 0 Å². The van der Waals surface area contributed by atoms with Crippen LogP contribution in [-0.2, 0) is 0 Å². The van der Waals surface area contributed by atoms with E-state index < -0.39 is 0 Å². The summed E-state index contributed by atoms with van der Waals surface area (Å²) in [6.45, 7) is 5.14. The topological polar surface area (TPSA) is 61.4 Å². The summed E-state index contributed by atoms with van der Waals surface area (Å²) in [4.78, 5) is 28.5. The molecule has 3 amide bonds. The average Bonchev–Trinajstić information content (AvgIpc) is 2.74. The average molecular weight is 355 g/mol. The van der Waals surface area contributed by atoms with E-state index in [0.717, 1.165) is 21.9 Å². The Bertz CT molecular complexity index is 807. The van der Waals surface area contributed by atoms with Gasteiger partial charge >= 0.3 is 6.03 Å². The number of fused-ring (bicyclic) bond motifs is 2. The van der Waals surface area contributed by atoms with Gasteiger partial charge in [0.05, 0.1) is 11.3 Å². The number of hydrogen-bond acceptors (Lipinski definition) is 3. The molecular formula is C19H21N3O2S. The summed E-state index contributed by atoms with van der Waals surface area (Å²) >= 11 is 1.58. The SMILES string of the molecule is CCCNC(=O)Nc1ccc2c(c1)N(CC)C(=O)c1ccccc1S2. The number of nitrogens with one attached hydrogen (secondary N) is 2. The number of carbonyl (C=O) groups excluding carboxylic acids is 2. The minimum atomic E-state index is -0.235. The van der Waals surface area contributed by atoms with E-state index in [-0.39, 0.29) is 11.9 Å². The molecule has 2 aromatic rings. The van der Waals surface area contributed by atoms with Crippen molar-refractivity contribution in [3.05, 3.63) is 48.0 Å². The molecule has 1 heterocycles. The van der Waals surface area contributed by atoms with Crippen molar-refractivity contribution in [3.8, 4) is 0 Å². The number of carbonyl (C=O) groups is 2. The number of hydrogen-bond donors (Lipinski definition) is 2. The molecule has 1 aliphatic rings. The van der Waals surface area contributed by atoms with Crippen molar-refractivity contribution >= 4 is 35.1 Å². The first kappa shape index (κ1) is 17.4. The lowest BCUT2D eigenvalue weighted by Crippen LogP contribution is -2.31. The lowest BCUT2D eigenvalue weighted by atomic mass is 10.1. The molecule has 0 aromatic heterocycles. The second-order valence-electron chi connectivity index (χ2n) is 5.71.